The van der Waals surface area contributed by atoms with Gasteiger partial charge < -0.3 is 0 Å². The van der Waals surface area contributed by atoms with E-state index in [1.807, 2.05) is 0 Å². The number of halogens is 5. The van der Waals surface area contributed by atoms with Crippen LogP contribution in [0.25, 0.3) is 0 Å². The topological polar surface area (TPSA) is 17.8 Å². The highest BCUT2D eigenvalue weighted by Gasteiger charge is 2.35. The third kappa shape index (κ3) is 1.96. The zero-order chi connectivity index (χ0) is 11.1. The van der Waals surface area contributed by atoms with Crippen molar-refractivity contribution in [3.05, 3.63) is 17.4 Å². The second-order valence-corrected chi connectivity index (χ2v) is 2.28. The van der Waals surface area contributed by atoms with Crippen LogP contribution in [0.4, 0.5) is 22.0 Å². The number of alkyl halides is 5. The fourth-order valence-electron chi connectivity index (χ4n) is 0.754. The Morgan fingerprint density at radius 3 is 2.31 bits per heavy atom. The van der Waals surface area contributed by atoms with E-state index >= 15 is 0 Å². The summed E-state index contributed by atoms with van der Waals surface area (Å²) < 4.78 is 67.7. The first-order chi connectivity index (χ1) is 6.25. The van der Waals surface area contributed by atoms with Crippen LogP contribution < -0.4 is 0 Å². The van der Waals surface area contributed by atoms with Gasteiger partial charge in [0.1, 0.15) is 5.69 Å². The molecule has 0 aliphatic rings. The number of hydrogen-bond acceptors (Lipinski definition) is 1. The number of nitrogens with zero attached hydrogens (tertiary/aromatic N) is 2. The lowest BCUT2D eigenvalue weighted by Gasteiger charge is -1.98. The van der Waals surface area contributed by atoms with E-state index in [9.17, 15) is 22.0 Å². The molecule has 0 amide bonds. The Morgan fingerprint density at radius 2 is 2.08 bits per heavy atom. The summed E-state index contributed by atoms with van der Waals surface area (Å²) in [5.41, 5.74) is -2.62. The molecule has 0 bridgehead atoms. The Bertz CT molecular complexity index is 343. The SMILES string of the molecule is [2H]c1c(C(F)(F)F)nn(C)c1C(F)F. The molecule has 0 fully saturated rings. The molecule has 0 atom stereocenters. The lowest BCUT2D eigenvalue weighted by atomic mass is 10.3. The fraction of sp³-hybridized carbons (Fsp3) is 0.500. The summed E-state index contributed by atoms with van der Waals surface area (Å²) >= 11 is 0. The van der Waals surface area contributed by atoms with Crippen molar-refractivity contribution in [3.63, 3.8) is 0 Å². The fourth-order valence-corrected chi connectivity index (χ4v) is 0.754. The molecule has 0 spiro atoms. The van der Waals surface area contributed by atoms with Crippen LogP contribution in [-0.4, -0.2) is 9.78 Å². The van der Waals surface area contributed by atoms with E-state index in [1.165, 1.54) is 0 Å². The molecule has 13 heavy (non-hydrogen) atoms. The Hall–Kier alpha value is -1.14. The van der Waals surface area contributed by atoms with Gasteiger partial charge in [-0.15, -0.1) is 0 Å². The lowest BCUT2D eigenvalue weighted by molar-refractivity contribution is -0.141. The highest BCUT2D eigenvalue weighted by Crippen LogP contribution is 2.30. The molecule has 1 aromatic heterocycles. The monoisotopic (exact) mass is 201 g/mol. The molecule has 1 rings (SSSR count). The van der Waals surface area contributed by atoms with Gasteiger partial charge in [0.2, 0.25) is 0 Å². The second-order valence-electron chi connectivity index (χ2n) is 2.28. The predicted octanol–water partition coefficient (Wildman–Crippen LogP) is 2.38. The van der Waals surface area contributed by atoms with Gasteiger partial charge in [-0.3, -0.25) is 4.68 Å². The molecule has 0 aromatic carbocycles. The molecule has 0 aliphatic carbocycles. The molecule has 74 valence electrons. The maximum atomic E-state index is 12.1. The summed E-state index contributed by atoms with van der Waals surface area (Å²) in [4.78, 5) is 0. The van der Waals surface area contributed by atoms with Crippen LogP contribution in [-0.2, 0) is 13.2 Å². The molecule has 0 radical (unpaired) electrons. The first kappa shape index (κ1) is 8.46. The third-order valence-corrected chi connectivity index (χ3v) is 1.32. The summed E-state index contributed by atoms with van der Waals surface area (Å²) in [7, 11) is 0.939. The average Bonchev–Trinajstić information content (AvgIpc) is 2.24. The molecule has 0 N–H and O–H groups in total. The Kier molecular flexibility index (Phi) is 1.93. The first-order valence-corrected chi connectivity index (χ1v) is 3.14. The summed E-state index contributed by atoms with van der Waals surface area (Å²) in [6.45, 7) is 0. The average molecular weight is 201 g/mol. The Morgan fingerprint density at radius 1 is 1.54 bits per heavy atom. The largest absolute Gasteiger partial charge is 0.435 e. The van der Waals surface area contributed by atoms with Gasteiger partial charge in [0.15, 0.2) is 5.69 Å². The quantitative estimate of drug-likeness (QED) is 0.638. The maximum Gasteiger partial charge on any atom is 0.435 e. The smallest absolute Gasteiger partial charge is 0.266 e. The molecule has 0 aliphatic heterocycles. The van der Waals surface area contributed by atoms with Gasteiger partial charge in [-0.05, 0) is 6.04 Å². The summed E-state index contributed by atoms with van der Waals surface area (Å²) in [5.74, 6) is 0. The van der Waals surface area contributed by atoms with Crippen molar-refractivity contribution in [3.8, 4) is 0 Å². The van der Waals surface area contributed by atoms with E-state index < -0.39 is 30.0 Å². The zero-order valence-electron chi connectivity index (χ0n) is 7.36. The highest BCUT2D eigenvalue weighted by molar-refractivity contribution is 5.13. The van der Waals surface area contributed by atoms with Crippen LogP contribution >= 0.6 is 0 Å². The minimum absolute atomic E-state index is 0.371. The number of rotatable bonds is 1. The lowest BCUT2D eigenvalue weighted by Crippen LogP contribution is -2.06. The molecule has 0 unspecified atom stereocenters. The third-order valence-electron chi connectivity index (χ3n) is 1.32. The molecule has 1 heterocycles. The van der Waals surface area contributed by atoms with E-state index in [4.69, 9.17) is 1.37 Å². The molecule has 2 nitrogen and oxygen atoms in total. The normalized spacial score (nSPS) is 13.6. The van der Waals surface area contributed by atoms with Crippen LogP contribution in [0.2, 0.25) is 0 Å². The van der Waals surface area contributed by atoms with Crippen molar-refractivity contribution in [2.45, 2.75) is 12.6 Å². The minimum atomic E-state index is -4.87. The van der Waals surface area contributed by atoms with Gasteiger partial charge >= 0.3 is 6.18 Å². The van der Waals surface area contributed by atoms with Crippen LogP contribution in [0.15, 0.2) is 6.04 Å². The summed E-state index contributed by atoms with van der Waals surface area (Å²) in [6, 6.07) is -1.27. The van der Waals surface area contributed by atoms with E-state index in [0.717, 1.165) is 7.05 Å². The van der Waals surface area contributed by atoms with Gasteiger partial charge in [0, 0.05) is 7.05 Å². The van der Waals surface area contributed by atoms with E-state index in [2.05, 4.69) is 5.10 Å². The van der Waals surface area contributed by atoms with Crippen LogP contribution in [0.1, 0.15) is 19.2 Å². The molecule has 7 heteroatoms. The first-order valence-electron chi connectivity index (χ1n) is 3.64. The van der Waals surface area contributed by atoms with Crippen molar-refractivity contribution < 1.29 is 23.3 Å². The van der Waals surface area contributed by atoms with Crippen molar-refractivity contribution in [1.29, 1.82) is 0 Å². The van der Waals surface area contributed by atoms with Crippen LogP contribution in [0.5, 0.6) is 0 Å². The van der Waals surface area contributed by atoms with Gasteiger partial charge in [-0.25, -0.2) is 8.78 Å². The van der Waals surface area contributed by atoms with E-state index in [0.29, 0.717) is 4.68 Å². The van der Waals surface area contributed by atoms with E-state index in [-0.39, 0.29) is 0 Å². The number of aryl methyl sites for hydroxylation is 1. The van der Waals surface area contributed by atoms with Crippen LogP contribution in [0, 0.1) is 0 Å². The summed E-state index contributed by atoms with van der Waals surface area (Å²) in [5, 5.41) is 2.83. The molecule has 1 aromatic rings. The Labute approximate surface area is 71.4 Å². The van der Waals surface area contributed by atoms with Gasteiger partial charge in [-0.2, -0.15) is 18.3 Å². The molecular formula is C6H5F5N2. The van der Waals surface area contributed by atoms with Gasteiger partial charge in [0.25, 0.3) is 6.43 Å². The second kappa shape index (κ2) is 2.97. The van der Waals surface area contributed by atoms with Crippen molar-refractivity contribution >= 4 is 0 Å². The Balaban J connectivity index is 3.31. The van der Waals surface area contributed by atoms with Crippen molar-refractivity contribution in [2.24, 2.45) is 7.05 Å². The highest BCUT2D eigenvalue weighted by atomic mass is 19.4. The molecular weight excluding hydrogens is 195 g/mol. The molecule has 0 saturated heterocycles. The molecule has 0 saturated carbocycles. The number of aromatic nitrogens is 2. The number of hydrogen-bond donors (Lipinski definition) is 0. The van der Waals surface area contributed by atoms with Crippen LogP contribution in [0.3, 0.4) is 0 Å². The van der Waals surface area contributed by atoms with E-state index in [1.54, 1.807) is 0 Å². The van der Waals surface area contributed by atoms with Crippen molar-refractivity contribution in [2.75, 3.05) is 0 Å². The standard InChI is InChI=1S/C6H5F5N2/c1-13-3(5(7)8)2-4(12-13)6(9,10)11/h2,5H,1H3/i2D. The zero-order valence-corrected chi connectivity index (χ0v) is 6.36. The van der Waals surface area contributed by atoms with Crippen molar-refractivity contribution in [1.82, 2.24) is 9.78 Å². The van der Waals surface area contributed by atoms with Gasteiger partial charge in [-0.1, -0.05) is 0 Å². The minimum Gasteiger partial charge on any atom is -0.266 e. The maximum absolute atomic E-state index is 12.1. The summed E-state index contributed by atoms with van der Waals surface area (Å²) in [6.07, 6.45) is -8.02. The predicted molar refractivity (Wildman–Crippen MR) is 33.2 cm³/mol. The van der Waals surface area contributed by atoms with Gasteiger partial charge in [0.05, 0.1) is 1.37 Å².